The highest BCUT2D eigenvalue weighted by Crippen LogP contribution is 2.44. The molecule has 3 rings (SSSR count). The average Bonchev–Trinajstić information content (AvgIpc) is 2.95. The molecule has 0 bridgehead atoms. The van der Waals surface area contributed by atoms with Gasteiger partial charge in [-0.15, -0.1) is 0 Å². The Bertz CT molecular complexity index is 1080. The van der Waals surface area contributed by atoms with E-state index in [9.17, 15) is 19.5 Å². The van der Waals surface area contributed by atoms with Gasteiger partial charge in [0.1, 0.15) is 18.0 Å². The summed E-state index contributed by atoms with van der Waals surface area (Å²) in [6.45, 7) is 8.06. The highest BCUT2D eigenvalue weighted by atomic mass is 16.5. The fraction of sp³-hybridized carbons (Fsp3) is 0.516. The van der Waals surface area contributed by atoms with E-state index >= 15 is 0 Å². The highest BCUT2D eigenvalue weighted by molar-refractivity contribution is 5.88. The van der Waals surface area contributed by atoms with Crippen LogP contribution in [0.4, 0.5) is 0 Å². The van der Waals surface area contributed by atoms with Gasteiger partial charge in [0.25, 0.3) is 0 Å². The van der Waals surface area contributed by atoms with Gasteiger partial charge in [0.05, 0.1) is 12.8 Å². The van der Waals surface area contributed by atoms with E-state index in [1.165, 1.54) is 19.3 Å². The van der Waals surface area contributed by atoms with E-state index in [-0.39, 0.29) is 5.92 Å². The van der Waals surface area contributed by atoms with E-state index in [0.29, 0.717) is 6.61 Å². The molecule has 0 spiro atoms. The van der Waals surface area contributed by atoms with Gasteiger partial charge >= 0.3 is 17.9 Å². The van der Waals surface area contributed by atoms with Gasteiger partial charge in [0.15, 0.2) is 5.60 Å². The molecule has 1 aliphatic carbocycles. The van der Waals surface area contributed by atoms with Crippen LogP contribution in [0.2, 0.25) is 0 Å². The van der Waals surface area contributed by atoms with Crippen molar-refractivity contribution in [2.24, 2.45) is 5.92 Å². The summed E-state index contributed by atoms with van der Waals surface area (Å²) in [4.78, 5) is 32.8. The molecule has 1 aliphatic rings. The van der Waals surface area contributed by atoms with E-state index in [1.54, 1.807) is 0 Å². The molecule has 0 saturated heterocycles. The smallest absolute Gasteiger partial charge is 0.336 e. The third-order valence-corrected chi connectivity index (χ3v) is 7.56. The summed E-state index contributed by atoms with van der Waals surface area (Å²) in [6.07, 6.45) is 3.55. The summed E-state index contributed by atoms with van der Waals surface area (Å²) in [5, 5.41) is 45.7. The molecule has 10 nitrogen and oxygen atoms in total. The molecule has 1 atom stereocenters. The van der Waals surface area contributed by atoms with Gasteiger partial charge in [-0.05, 0) is 55.1 Å². The van der Waals surface area contributed by atoms with E-state index < -0.39 is 42.0 Å². The number of carboxylic acids is 3. The summed E-state index contributed by atoms with van der Waals surface area (Å²) in [7, 11) is 0. The lowest BCUT2D eigenvalue weighted by atomic mass is 9.70. The second-order valence-electron chi connectivity index (χ2n) is 10.3. The molecule has 0 heterocycles. The van der Waals surface area contributed by atoms with E-state index in [2.05, 4.69) is 30.9 Å². The van der Waals surface area contributed by atoms with Crippen LogP contribution in [0.15, 0.2) is 54.6 Å². The SMILES string of the molecule is CCN(CC)CCOc1ccc(C(O)(c2ccccc2)C2CCCCC2)cc1.O=C(O)CC(O)(CC(=O)O)C(=O)O. The summed E-state index contributed by atoms with van der Waals surface area (Å²) in [6, 6.07) is 18.3. The van der Waals surface area contributed by atoms with Crippen molar-refractivity contribution in [3.05, 3.63) is 65.7 Å². The summed E-state index contributed by atoms with van der Waals surface area (Å²) >= 11 is 0. The first-order valence-electron chi connectivity index (χ1n) is 14.1. The lowest BCUT2D eigenvalue weighted by molar-refractivity contribution is -0.170. The minimum Gasteiger partial charge on any atom is -0.492 e. The number of hydrogen-bond acceptors (Lipinski definition) is 7. The minimum absolute atomic E-state index is 0.262. The van der Waals surface area contributed by atoms with Gasteiger partial charge in [-0.2, -0.15) is 0 Å². The Morgan fingerprint density at radius 2 is 1.32 bits per heavy atom. The Labute approximate surface area is 241 Å². The van der Waals surface area contributed by atoms with Crippen LogP contribution in [0.5, 0.6) is 5.75 Å². The number of nitrogens with zero attached hydrogens (tertiary/aromatic N) is 1. The predicted octanol–water partition coefficient (Wildman–Crippen LogP) is 3.97. The second-order valence-corrected chi connectivity index (χ2v) is 10.3. The Morgan fingerprint density at radius 1 is 0.805 bits per heavy atom. The van der Waals surface area contributed by atoms with Crippen molar-refractivity contribution in [3.63, 3.8) is 0 Å². The number of aliphatic carboxylic acids is 3. The number of hydrogen-bond donors (Lipinski definition) is 5. The quantitative estimate of drug-likeness (QED) is 0.223. The Kier molecular flexibility index (Phi) is 13.2. The van der Waals surface area contributed by atoms with Crippen molar-refractivity contribution in [2.45, 2.75) is 70.0 Å². The number of aliphatic hydroxyl groups is 2. The number of ether oxygens (including phenoxy) is 1. The highest BCUT2D eigenvalue weighted by Gasteiger charge is 2.41. The maximum Gasteiger partial charge on any atom is 0.336 e. The normalized spacial score (nSPS) is 15.3. The standard InChI is InChI=1S/C25H35NO2.C6H8O7/c1-3-26(4-2)19-20-28-24-17-15-23(16-18-24)25(27,21-11-7-5-8-12-21)22-13-9-6-10-14-22;7-3(8)1-6(13,5(11)12)2-4(9)10/h5,7-8,11-12,15-18,22,27H,3-4,6,9-10,13-14,19-20H2,1-2H3;13H,1-2H2,(H,7,8)(H,9,10)(H,11,12). The molecule has 1 saturated carbocycles. The first-order valence-corrected chi connectivity index (χ1v) is 14.1. The molecule has 0 amide bonds. The number of carbonyl (C=O) groups is 3. The van der Waals surface area contributed by atoms with Gasteiger partial charge < -0.3 is 35.2 Å². The first-order chi connectivity index (χ1) is 19.5. The topological polar surface area (TPSA) is 165 Å². The van der Waals surface area contributed by atoms with E-state index in [0.717, 1.165) is 49.4 Å². The fourth-order valence-corrected chi connectivity index (χ4v) is 5.20. The van der Waals surface area contributed by atoms with Crippen molar-refractivity contribution in [1.29, 1.82) is 0 Å². The van der Waals surface area contributed by atoms with Crippen molar-refractivity contribution < 1.29 is 44.7 Å². The van der Waals surface area contributed by atoms with Crippen LogP contribution in [0.3, 0.4) is 0 Å². The van der Waals surface area contributed by atoms with Crippen LogP contribution in [0.1, 0.15) is 69.9 Å². The van der Waals surface area contributed by atoms with E-state index in [4.69, 9.17) is 25.2 Å². The summed E-state index contributed by atoms with van der Waals surface area (Å²) < 4.78 is 5.94. The predicted molar refractivity (Wildman–Crippen MR) is 153 cm³/mol. The van der Waals surface area contributed by atoms with Crippen LogP contribution in [0, 0.1) is 5.92 Å². The Hall–Kier alpha value is -3.47. The fourth-order valence-electron chi connectivity index (χ4n) is 5.20. The zero-order valence-electron chi connectivity index (χ0n) is 23.9. The van der Waals surface area contributed by atoms with Crippen molar-refractivity contribution >= 4 is 17.9 Å². The van der Waals surface area contributed by atoms with Crippen molar-refractivity contribution in [2.75, 3.05) is 26.2 Å². The molecule has 0 aromatic heterocycles. The largest absolute Gasteiger partial charge is 0.492 e. The zero-order chi connectivity index (χ0) is 30.5. The molecular formula is C31H43NO9. The lowest BCUT2D eigenvalue weighted by Crippen LogP contribution is -2.42. The van der Waals surface area contributed by atoms with Crippen LogP contribution in [0.25, 0.3) is 0 Å². The van der Waals surface area contributed by atoms with Crippen LogP contribution >= 0.6 is 0 Å². The van der Waals surface area contributed by atoms with Crippen molar-refractivity contribution in [3.8, 4) is 5.75 Å². The third-order valence-electron chi connectivity index (χ3n) is 7.56. The number of benzene rings is 2. The maximum absolute atomic E-state index is 11.9. The molecule has 41 heavy (non-hydrogen) atoms. The Balaban J connectivity index is 0.000000383. The van der Waals surface area contributed by atoms with Gasteiger partial charge in [-0.3, -0.25) is 9.59 Å². The van der Waals surface area contributed by atoms with E-state index in [1.807, 2.05) is 42.5 Å². The molecule has 226 valence electrons. The molecule has 5 N–H and O–H groups in total. The van der Waals surface area contributed by atoms with Crippen LogP contribution in [-0.2, 0) is 20.0 Å². The molecule has 1 fully saturated rings. The molecular weight excluding hydrogens is 530 g/mol. The summed E-state index contributed by atoms with van der Waals surface area (Å²) in [5.74, 6) is -3.89. The molecule has 0 radical (unpaired) electrons. The van der Waals surface area contributed by atoms with Gasteiger partial charge in [-0.25, -0.2) is 4.79 Å². The molecule has 2 aromatic carbocycles. The van der Waals surface area contributed by atoms with Gasteiger partial charge in [0, 0.05) is 6.54 Å². The minimum atomic E-state index is -2.74. The monoisotopic (exact) mass is 573 g/mol. The Morgan fingerprint density at radius 3 is 1.78 bits per heavy atom. The van der Waals surface area contributed by atoms with Gasteiger partial charge in [0.2, 0.25) is 0 Å². The lowest BCUT2D eigenvalue weighted by Gasteiger charge is -2.39. The number of rotatable bonds is 14. The number of likely N-dealkylation sites (N-methyl/N-ethyl adjacent to an activating group) is 1. The molecule has 2 aromatic rings. The van der Waals surface area contributed by atoms with Crippen molar-refractivity contribution in [1.82, 2.24) is 4.90 Å². The van der Waals surface area contributed by atoms with Crippen LogP contribution in [-0.4, -0.2) is 80.2 Å². The van der Waals surface area contributed by atoms with Crippen LogP contribution < -0.4 is 4.74 Å². The summed E-state index contributed by atoms with van der Waals surface area (Å²) in [5.41, 5.74) is -1.70. The molecule has 1 unspecified atom stereocenters. The molecule has 0 aliphatic heterocycles. The average molecular weight is 574 g/mol. The first kappa shape index (κ1) is 33.7. The maximum atomic E-state index is 11.9. The number of carboxylic acid groups (broad SMARTS) is 3. The third kappa shape index (κ3) is 9.84. The second kappa shape index (κ2) is 16.1. The zero-order valence-corrected chi connectivity index (χ0v) is 23.9. The molecule has 10 heteroatoms. The van der Waals surface area contributed by atoms with Gasteiger partial charge in [-0.1, -0.05) is 75.6 Å².